The highest BCUT2D eigenvalue weighted by Crippen LogP contribution is 2.28. The van der Waals surface area contributed by atoms with Crippen LogP contribution in [-0.4, -0.2) is 47.1 Å². The van der Waals surface area contributed by atoms with Gasteiger partial charge in [-0.3, -0.25) is 4.79 Å². The molecule has 1 saturated heterocycles. The Balaban J connectivity index is 1.23. The van der Waals surface area contributed by atoms with Gasteiger partial charge in [0.05, 0.1) is 18.1 Å². The van der Waals surface area contributed by atoms with E-state index in [4.69, 9.17) is 15.4 Å². The van der Waals surface area contributed by atoms with Crippen LogP contribution in [0.5, 0.6) is 0 Å². The van der Waals surface area contributed by atoms with Crippen LogP contribution in [0.15, 0.2) is 53.2 Å². The third-order valence-electron chi connectivity index (χ3n) is 7.11. The summed E-state index contributed by atoms with van der Waals surface area (Å²) in [6, 6.07) is 14.3. The van der Waals surface area contributed by atoms with E-state index in [9.17, 15) is 4.79 Å². The molecule has 1 aliphatic carbocycles. The molecular formula is C27H31N7O2. The van der Waals surface area contributed by atoms with Gasteiger partial charge in [-0.25, -0.2) is 9.97 Å². The molecule has 0 unspecified atom stereocenters. The first-order chi connectivity index (χ1) is 17.6. The first-order valence-corrected chi connectivity index (χ1v) is 12.6. The number of rotatable bonds is 7. The number of nitrogens with two attached hydrogens (primary N) is 1. The smallest absolute Gasteiger partial charge is 0.295 e. The molecule has 9 nitrogen and oxygen atoms in total. The summed E-state index contributed by atoms with van der Waals surface area (Å²) in [6.45, 7) is 1.91. The average molecular weight is 486 g/mol. The Morgan fingerprint density at radius 2 is 1.94 bits per heavy atom. The summed E-state index contributed by atoms with van der Waals surface area (Å²) in [7, 11) is 0. The molecule has 186 valence electrons. The zero-order valence-electron chi connectivity index (χ0n) is 20.2. The molecule has 4 N–H and O–H groups in total. The number of primary amides is 1. The molecule has 1 amide bonds. The van der Waals surface area contributed by atoms with Gasteiger partial charge in [0.15, 0.2) is 5.76 Å². The van der Waals surface area contributed by atoms with Crippen LogP contribution < -0.4 is 21.3 Å². The van der Waals surface area contributed by atoms with E-state index < -0.39 is 5.91 Å². The summed E-state index contributed by atoms with van der Waals surface area (Å²) in [5.74, 6) is 0.127. The molecule has 0 bridgehead atoms. The van der Waals surface area contributed by atoms with Gasteiger partial charge in [0.25, 0.3) is 6.01 Å². The second-order valence-corrected chi connectivity index (χ2v) is 9.58. The summed E-state index contributed by atoms with van der Waals surface area (Å²) in [5, 5.41) is 16.4. The second-order valence-electron chi connectivity index (χ2n) is 9.58. The van der Waals surface area contributed by atoms with Crippen LogP contribution in [0.3, 0.4) is 0 Å². The van der Waals surface area contributed by atoms with Crippen molar-refractivity contribution >= 4 is 17.6 Å². The van der Waals surface area contributed by atoms with Crippen molar-refractivity contribution < 1.29 is 9.21 Å². The molecule has 3 heterocycles. The maximum absolute atomic E-state index is 11.5. The summed E-state index contributed by atoms with van der Waals surface area (Å²) >= 11 is 0. The molecule has 5 rings (SSSR count). The molecule has 3 aromatic rings. The van der Waals surface area contributed by atoms with E-state index in [2.05, 4.69) is 31.6 Å². The Morgan fingerprint density at radius 3 is 2.72 bits per heavy atom. The van der Waals surface area contributed by atoms with Crippen molar-refractivity contribution in [1.82, 2.24) is 15.3 Å². The van der Waals surface area contributed by atoms with E-state index in [0.717, 1.165) is 56.4 Å². The SMILES string of the molecule is N#Cc1ccc(N2CCC[C@H](N[C@@H]3CCCC[C@H]3Nc3ncc(-c4cccc(C(N)=O)c4)o3)C2)cn1. The lowest BCUT2D eigenvalue weighted by Gasteiger charge is -2.40. The van der Waals surface area contributed by atoms with Gasteiger partial charge < -0.3 is 25.7 Å². The van der Waals surface area contributed by atoms with Crippen LogP contribution in [0.25, 0.3) is 11.3 Å². The molecule has 9 heteroatoms. The maximum Gasteiger partial charge on any atom is 0.295 e. The Labute approximate surface area is 210 Å². The lowest BCUT2D eigenvalue weighted by Crippen LogP contribution is -2.54. The Hall–Kier alpha value is -3.90. The van der Waals surface area contributed by atoms with E-state index in [-0.39, 0.29) is 6.04 Å². The highest BCUT2D eigenvalue weighted by atomic mass is 16.4. The number of benzene rings is 1. The van der Waals surface area contributed by atoms with Gasteiger partial charge in [0, 0.05) is 42.3 Å². The number of carbonyl (C=O) groups excluding carboxylic acids is 1. The second kappa shape index (κ2) is 10.8. The number of aromatic nitrogens is 2. The molecule has 1 aromatic carbocycles. The normalized spacial score (nSPS) is 22.1. The van der Waals surface area contributed by atoms with Crippen molar-refractivity contribution in [3.63, 3.8) is 0 Å². The predicted octanol–water partition coefficient (Wildman–Crippen LogP) is 3.69. The molecule has 0 spiro atoms. The number of piperidine rings is 1. The van der Waals surface area contributed by atoms with Crippen LogP contribution in [-0.2, 0) is 0 Å². The number of amides is 1. The fourth-order valence-corrected chi connectivity index (χ4v) is 5.25. The number of pyridine rings is 1. The van der Waals surface area contributed by atoms with E-state index in [1.807, 2.05) is 12.1 Å². The van der Waals surface area contributed by atoms with Gasteiger partial charge in [-0.05, 0) is 49.9 Å². The number of nitrogens with zero attached hydrogens (tertiary/aromatic N) is 4. The monoisotopic (exact) mass is 485 g/mol. The van der Waals surface area contributed by atoms with Crippen LogP contribution in [0.1, 0.15) is 54.6 Å². The fraction of sp³-hybridized carbons (Fsp3) is 0.407. The van der Waals surface area contributed by atoms with Crippen molar-refractivity contribution in [1.29, 1.82) is 5.26 Å². The van der Waals surface area contributed by atoms with Gasteiger partial charge >= 0.3 is 0 Å². The molecule has 3 atom stereocenters. The number of hydrogen-bond acceptors (Lipinski definition) is 8. The fourth-order valence-electron chi connectivity index (χ4n) is 5.25. The maximum atomic E-state index is 11.5. The number of hydrogen-bond donors (Lipinski definition) is 3. The van der Waals surface area contributed by atoms with Gasteiger partial charge in [-0.1, -0.05) is 25.0 Å². The van der Waals surface area contributed by atoms with Crippen molar-refractivity contribution in [2.75, 3.05) is 23.3 Å². The molecule has 1 aliphatic heterocycles. The third kappa shape index (κ3) is 5.50. The summed E-state index contributed by atoms with van der Waals surface area (Å²) in [6.07, 6.45) is 10.2. The van der Waals surface area contributed by atoms with Gasteiger partial charge in [-0.2, -0.15) is 5.26 Å². The Bertz CT molecular complexity index is 1230. The minimum absolute atomic E-state index is 0.217. The predicted molar refractivity (Wildman–Crippen MR) is 137 cm³/mol. The number of anilines is 2. The molecule has 1 saturated carbocycles. The molecule has 2 aliphatic rings. The van der Waals surface area contributed by atoms with Crippen LogP contribution in [0, 0.1) is 11.3 Å². The number of nitriles is 1. The van der Waals surface area contributed by atoms with Gasteiger partial charge in [0.1, 0.15) is 11.8 Å². The van der Waals surface area contributed by atoms with E-state index >= 15 is 0 Å². The minimum atomic E-state index is -0.470. The molecular weight excluding hydrogens is 454 g/mol. The topological polar surface area (TPSA) is 133 Å². The summed E-state index contributed by atoms with van der Waals surface area (Å²) < 4.78 is 6.00. The highest BCUT2D eigenvalue weighted by Gasteiger charge is 2.30. The number of carbonyl (C=O) groups is 1. The average Bonchev–Trinajstić information content (AvgIpc) is 3.39. The van der Waals surface area contributed by atoms with E-state index in [1.165, 1.54) is 6.42 Å². The molecule has 2 fully saturated rings. The van der Waals surface area contributed by atoms with Gasteiger partial charge in [0.2, 0.25) is 5.91 Å². The lowest BCUT2D eigenvalue weighted by atomic mass is 9.89. The first-order valence-electron chi connectivity index (χ1n) is 12.6. The van der Waals surface area contributed by atoms with Crippen LogP contribution in [0.2, 0.25) is 0 Å². The Morgan fingerprint density at radius 1 is 1.08 bits per heavy atom. The quantitative estimate of drug-likeness (QED) is 0.461. The highest BCUT2D eigenvalue weighted by molar-refractivity contribution is 5.93. The number of nitrogens with one attached hydrogen (secondary N) is 2. The molecule has 2 aromatic heterocycles. The van der Waals surface area contributed by atoms with Gasteiger partial charge in [-0.15, -0.1) is 0 Å². The molecule has 36 heavy (non-hydrogen) atoms. The van der Waals surface area contributed by atoms with Crippen molar-refractivity contribution in [2.45, 2.75) is 56.7 Å². The van der Waals surface area contributed by atoms with E-state index in [1.54, 1.807) is 36.7 Å². The summed E-state index contributed by atoms with van der Waals surface area (Å²) in [5.41, 5.74) is 8.12. The zero-order chi connectivity index (χ0) is 24.9. The van der Waals surface area contributed by atoms with Crippen molar-refractivity contribution in [2.24, 2.45) is 5.73 Å². The minimum Gasteiger partial charge on any atom is -0.424 e. The van der Waals surface area contributed by atoms with Crippen LogP contribution >= 0.6 is 0 Å². The summed E-state index contributed by atoms with van der Waals surface area (Å²) in [4.78, 5) is 22.6. The van der Waals surface area contributed by atoms with Crippen LogP contribution in [0.4, 0.5) is 11.7 Å². The largest absolute Gasteiger partial charge is 0.424 e. The molecule has 0 radical (unpaired) electrons. The zero-order valence-corrected chi connectivity index (χ0v) is 20.2. The van der Waals surface area contributed by atoms with Crippen molar-refractivity contribution in [3.8, 4) is 17.4 Å². The number of oxazole rings is 1. The lowest BCUT2D eigenvalue weighted by molar-refractivity contribution is 0.100. The first kappa shape index (κ1) is 23.8. The van der Waals surface area contributed by atoms with E-state index in [0.29, 0.717) is 35.1 Å². The standard InChI is InChI=1S/C27H31N7O2/c28-14-20-10-11-22(15-30-20)34-12-4-7-21(17-34)32-23-8-1-2-9-24(23)33-27-31-16-25(36-27)18-5-3-6-19(13-18)26(29)35/h3,5-6,10-11,13,15-16,21,23-24,32H,1-2,4,7-9,12,17H2,(H2,29,35)(H,31,33)/t21-,23+,24+/m0/s1. The third-order valence-corrected chi connectivity index (χ3v) is 7.11. The Kier molecular flexibility index (Phi) is 7.14. The van der Waals surface area contributed by atoms with Crippen molar-refractivity contribution in [3.05, 3.63) is 60.0 Å².